The molecular weight excluding hydrogens is 368 g/mol. The average molecular weight is 382 g/mol. The SMILES string of the molecule is COc1cc(OC)cc(-c2cncc3cc(/C=C4/SC(=O)NC4=O)oc23)c1. The predicted octanol–water partition coefficient (Wildman–Crippen LogP) is 3.84. The summed E-state index contributed by atoms with van der Waals surface area (Å²) >= 11 is 0.842. The molecule has 0 atom stereocenters. The predicted molar refractivity (Wildman–Crippen MR) is 102 cm³/mol. The highest BCUT2D eigenvalue weighted by Gasteiger charge is 2.25. The molecule has 1 aromatic carbocycles. The molecule has 2 amide bonds. The molecule has 3 aromatic rings. The van der Waals surface area contributed by atoms with E-state index in [0.717, 1.165) is 28.3 Å². The van der Waals surface area contributed by atoms with Crippen molar-refractivity contribution in [2.75, 3.05) is 14.2 Å². The van der Waals surface area contributed by atoms with E-state index in [4.69, 9.17) is 13.9 Å². The fourth-order valence-corrected chi connectivity index (χ4v) is 3.43. The number of rotatable bonds is 4. The van der Waals surface area contributed by atoms with E-state index >= 15 is 0 Å². The number of carbonyl (C=O) groups excluding carboxylic acids is 2. The molecule has 27 heavy (non-hydrogen) atoms. The first-order valence-electron chi connectivity index (χ1n) is 7.93. The molecule has 0 radical (unpaired) electrons. The number of imide groups is 1. The quantitative estimate of drug-likeness (QED) is 0.686. The van der Waals surface area contributed by atoms with Crippen LogP contribution in [0, 0.1) is 0 Å². The first kappa shape index (κ1) is 17.2. The van der Waals surface area contributed by atoms with Gasteiger partial charge in [0, 0.05) is 35.5 Å². The number of fused-ring (bicyclic) bond motifs is 1. The fourth-order valence-electron chi connectivity index (χ4n) is 2.77. The van der Waals surface area contributed by atoms with Gasteiger partial charge in [-0.25, -0.2) is 0 Å². The number of methoxy groups -OCH3 is 2. The topological polar surface area (TPSA) is 90.7 Å². The maximum Gasteiger partial charge on any atom is 0.290 e. The van der Waals surface area contributed by atoms with Crippen molar-refractivity contribution >= 4 is 40.0 Å². The molecule has 1 N–H and O–H groups in total. The minimum Gasteiger partial charge on any atom is -0.497 e. The van der Waals surface area contributed by atoms with Crippen LogP contribution in [-0.4, -0.2) is 30.3 Å². The van der Waals surface area contributed by atoms with Gasteiger partial charge in [0.15, 0.2) is 0 Å². The van der Waals surface area contributed by atoms with Gasteiger partial charge in [-0.05, 0) is 35.5 Å². The van der Waals surface area contributed by atoms with E-state index in [0.29, 0.717) is 22.8 Å². The Bertz CT molecular complexity index is 1080. The molecule has 8 heteroatoms. The number of benzene rings is 1. The number of nitrogens with one attached hydrogen (secondary N) is 1. The molecule has 136 valence electrons. The second kappa shape index (κ2) is 6.81. The third-order valence-electron chi connectivity index (χ3n) is 4.02. The average Bonchev–Trinajstić information content (AvgIpc) is 3.22. The Morgan fingerprint density at radius 3 is 2.44 bits per heavy atom. The van der Waals surface area contributed by atoms with Gasteiger partial charge in [0.25, 0.3) is 11.1 Å². The summed E-state index contributed by atoms with van der Waals surface area (Å²) in [6.45, 7) is 0. The number of nitrogens with zero attached hydrogens (tertiary/aromatic N) is 1. The minimum atomic E-state index is -0.429. The van der Waals surface area contributed by atoms with Gasteiger partial charge in [0.2, 0.25) is 0 Å². The summed E-state index contributed by atoms with van der Waals surface area (Å²) in [6, 6.07) is 7.27. The number of thioether (sulfide) groups is 1. The zero-order valence-electron chi connectivity index (χ0n) is 14.4. The van der Waals surface area contributed by atoms with E-state index in [9.17, 15) is 9.59 Å². The molecule has 1 fully saturated rings. The molecule has 0 unspecified atom stereocenters. The summed E-state index contributed by atoms with van der Waals surface area (Å²) in [6.07, 6.45) is 4.91. The monoisotopic (exact) mass is 382 g/mol. The third-order valence-corrected chi connectivity index (χ3v) is 4.83. The van der Waals surface area contributed by atoms with Crippen molar-refractivity contribution in [3.63, 3.8) is 0 Å². The van der Waals surface area contributed by atoms with Crippen LogP contribution in [0.15, 0.2) is 46.0 Å². The molecule has 0 aliphatic carbocycles. The van der Waals surface area contributed by atoms with Crippen LogP contribution >= 0.6 is 11.8 Å². The highest BCUT2D eigenvalue weighted by molar-refractivity contribution is 8.18. The Hall–Kier alpha value is -3.26. The molecule has 0 spiro atoms. The molecule has 0 bridgehead atoms. The van der Waals surface area contributed by atoms with Crippen LogP contribution < -0.4 is 14.8 Å². The summed E-state index contributed by atoms with van der Waals surface area (Å²) in [5, 5.41) is 2.60. The van der Waals surface area contributed by atoms with E-state index in [-0.39, 0.29) is 4.91 Å². The van der Waals surface area contributed by atoms with E-state index in [1.807, 2.05) is 12.1 Å². The number of furan rings is 1. The zero-order valence-corrected chi connectivity index (χ0v) is 15.3. The first-order chi connectivity index (χ1) is 13.1. The third kappa shape index (κ3) is 3.26. The van der Waals surface area contributed by atoms with E-state index in [1.54, 1.807) is 44.8 Å². The van der Waals surface area contributed by atoms with Gasteiger partial charge in [-0.3, -0.25) is 19.9 Å². The highest BCUT2D eigenvalue weighted by atomic mass is 32.2. The van der Waals surface area contributed by atoms with Crippen LogP contribution in [0.5, 0.6) is 11.5 Å². The van der Waals surface area contributed by atoms with E-state index in [1.165, 1.54) is 0 Å². The van der Waals surface area contributed by atoms with Crippen LogP contribution in [0.2, 0.25) is 0 Å². The van der Waals surface area contributed by atoms with Crippen molar-refractivity contribution in [2.24, 2.45) is 0 Å². The molecule has 7 nitrogen and oxygen atoms in total. The lowest BCUT2D eigenvalue weighted by Crippen LogP contribution is -2.17. The Kier molecular flexibility index (Phi) is 4.33. The maximum absolute atomic E-state index is 11.7. The Balaban J connectivity index is 1.82. The number of ether oxygens (including phenoxy) is 2. The first-order valence-corrected chi connectivity index (χ1v) is 8.75. The standard InChI is InChI=1S/C19H14N2O5S/c1-24-12-3-10(4-13(6-12)25-2)15-9-20-8-11-5-14(26-17(11)15)7-16-18(22)21-19(23)27-16/h3-9H,1-2H3,(H,21,22,23)/b16-7+. The van der Waals surface area contributed by atoms with Gasteiger partial charge < -0.3 is 13.9 Å². The van der Waals surface area contributed by atoms with Crippen molar-refractivity contribution in [3.05, 3.63) is 47.3 Å². The van der Waals surface area contributed by atoms with Crippen LogP contribution in [0.4, 0.5) is 4.79 Å². The molecule has 0 saturated carbocycles. The van der Waals surface area contributed by atoms with Crippen molar-refractivity contribution in [1.29, 1.82) is 0 Å². The Morgan fingerprint density at radius 1 is 1.07 bits per heavy atom. The highest BCUT2D eigenvalue weighted by Crippen LogP contribution is 2.35. The molecule has 3 heterocycles. The van der Waals surface area contributed by atoms with E-state index in [2.05, 4.69) is 10.3 Å². The molecule has 1 aliphatic rings. The summed E-state index contributed by atoms with van der Waals surface area (Å²) in [5.74, 6) is 1.32. The van der Waals surface area contributed by atoms with Crippen LogP contribution in [0.1, 0.15) is 5.76 Å². The van der Waals surface area contributed by atoms with Crippen LogP contribution in [0.25, 0.3) is 28.2 Å². The normalized spacial score (nSPS) is 15.4. The second-order valence-electron chi connectivity index (χ2n) is 5.71. The molecule has 1 aliphatic heterocycles. The van der Waals surface area contributed by atoms with Gasteiger partial charge in [-0.2, -0.15) is 0 Å². The fraction of sp³-hybridized carbons (Fsp3) is 0.105. The van der Waals surface area contributed by atoms with Crippen molar-refractivity contribution in [3.8, 4) is 22.6 Å². The number of aromatic nitrogens is 1. The van der Waals surface area contributed by atoms with Crippen LogP contribution in [0.3, 0.4) is 0 Å². The molecule has 1 saturated heterocycles. The van der Waals surface area contributed by atoms with Gasteiger partial charge in [0.05, 0.1) is 19.1 Å². The molecule has 2 aromatic heterocycles. The van der Waals surface area contributed by atoms with Gasteiger partial charge in [-0.1, -0.05) is 0 Å². The molecular formula is C19H14N2O5S. The van der Waals surface area contributed by atoms with Gasteiger partial charge in [-0.15, -0.1) is 0 Å². The number of carbonyl (C=O) groups is 2. The summed E-state index contributed by atoms with van der Waals surface area (Å²) in [5.41, 5.74) is 2.19. The van der Waals surface area contributed by atoms with E-state index < -0.39 is 11.1 Å². The number of amides is 2. The molecule has 4 rings (SSSR count). The number of pyridine rings is 1. The smallest absolute Gasteiger partial charge is 0.290 e. The van der Waals surface area contributed by atoms with Crippen LogP contribution in [-0.2, 0) is 4.79 Å². The van der Waals surface area contributed by atoms with Crippen molar-refractivity contribution in [2.45, 2.75) is 0 Å². The largest absolute Gasteiger partial charge is 0.497 e. The lowest BCUT2D eigenvalue weighted by atomic mass is 10.1. The lowest BCUT2D eigenvalue weighted by Gasteiger charge is -2.08. The zero-order chi connectivity index (χ0) is 19.0. The number of hydrogen-bond acceptors (Lipinski definition) is 7. The van der Waals surface area contributed by atoms with Crippen molar-refractivity contribution in [1.82, 2.24) is 10.3 Å². The maximum atomic E-state index is 11.7. The Morgan fingerprint density at radius 2 is 1.81 bits per heavy atom. The minimum absolute atomic E-state index is 0.289. The number of hydrogen-bond donors (Lipinski definition) is 1. The van der Waals surface area contributed by atoms with Gasteiger partial charge in [0.1, 0.15) is 22.8 Å². The summed E-state index contributed by atoms with van der Waals surface area (Å²) in [7, 11) is 3.17. The van der Waals surface area contributed by atoms with Crippen molar-refractivity contribution < 1.29 is 23.5 Å². The second-order valence-corrected chi connectivity index (χ2v) is 6.72. The summed E-state index contributed by atoms with van der Waals surface area (Å²) < 4.78 is 16.6. The summed E-state index contributed by atoms with van der Waals surface area (Å²) in [4.78, 5) is 27.6. The lowest BCUT2D eigenvalue weighted by molar-refractivity contribution is -0.115. The Labute approximate surface area is 158 Å². The van der Waals surface area contributed by atoms with Gasteiger partial charge >= 0.3 is 0 Å².